The molecule has 0 radical (unpaired) electrons. The van der Waals surface area contributed by atoms with Gasteiger partial charge in [0.25, 0.3) is 0 Å². The summed E-state index contributed by atoms with van der Waals surface area (Å²) in [5.74, 6) is -0.414. The quantitative estimate of drug-likeness (QED) is 0.812. The highest BCUT2D eigenvalue weighted by atomic mass is 16.6. The molecule has 1 aromatic rings. The van der Waals surface area contributed by atoms with E-state index >= 15 is 0 Å². The van der Waals surface area contributed by atoms with Gasteiger partial charge in [0, 0.05) is 32.9 Å². The highest BCUT2D eigenvalue weighted by molar-refractivity contribution is 5.91. The number of nitrogens with one attached hydrogen (secondary N) is 1. The maximum atomic E-state index is 12.1. The van der Waals surface area contributed by atoms with Crippen LogP contribution in [0.15, 0.2) is 30.3 Å². The van der Waals surface area contributed by atoms with Crippen molar-refractivity contribution in [3.63, 3.8) is 0 Å². The number of benzene rings is 1. The number of ether oxygens (including phenoxy) is 1. The molecule has 1 saturated heterocycles. The molecule has 4 heteroatoms. The zero-order valence-electron chi connectivity index (χ0n) is 10.4. The Kier molecular flexibility index (Phi) is 3.77. The van der Waals surface area contributed by atoms with Crippen molar-refractivity contribution in [2.24, 2.45) is 0 Å². The van der Waals surface area contributed by atoms with Crippen LogP contribution in [0.4, 0.5) is 0 Å². The van der Waals surface area contributed by atoms with Crippen LogP contribution in [-0.2, 0) is 20.7 Å². The third kappa shape index (κ3) is 2.76. The van der Waals surface area contributed by atoms with E-state index in [0.29, 0.717) is 25.9 Å². The van der Waals surface area contributed by atoms with E-state index in [1.165, 1.54) is 6.92 Å². The summed E-state index contributed by atoms with van der Waals surface area (Å²) in [4.78, 5) is 23.4. The van der Waals surface area contributed by atoms with Crippen LogP contribution in [-0.4, -0.2) is 30.4 Å². The number of ketones is 1. The average Bonchev–Trinajstić information content (AvgIpc) is 2.33. The number of esters is 1. The van der Waals surface area contributed by atoms with Crippen LogP contribution >= 0.6 is 0 Å². The summed E-state index contributed by atoms with van der Waals surface area (Å²) < 4.78 is 5.34. The first-order chi connectivity index (χ1) is 8.62. The predicted molar refractivity (Wildman–Crippen MR) is 67.1 cm³/mol. The molecule has 0 amide bonds. The molecular formula is C14H17NO3. The molecular weight excluding hydrogens is 230 g/mol. The Morgan fingerprint density at radius 3 is 2.72 bits per heavy atom. The maximum absolute atomic E-state index is 12.1. The molecule has 0 bridgehead atoms. The van der Waals surface area contributed by atoms with Crippen molar-refractivity contribution in [2.75, 3.05) is 13.1 Å². The molecule has 1 N–H and O–H groups in total. The van der Waals surface area contributed by atoms with Crippen LogP contribution in [0, 0.1) is 0 Å². The lowest BCUT2D eigenvalue weighted by Gasteiger charge is -2.35. The van der Waals surface area contributed by atoms with Gasteiger partial charge in [0.2, 0.25) is 0 Å². The minimum atomic E-state index is -1.04. The fourth-order valence-electron chi connectivity index (χ4n) is 2.31. The van der Waals surface area contributed by atoms with Gasteiger partial charge < -0.3 is 10.1 Å². The van der Waals surface area contributed by atoms with E-state index in [1.54, 1.807) is 0 Å². The zero-order chi connectivity index (χ0) is 13.0. The lowest BCUT2D eigenvalue weighted by atomic mass is 9.86. The SMILES string of the molecule is CC(=O)OC1(Cc2ccccc2)CNCCC1=O. The fourth-order valence-corrected chi connectivity index (χ4v) is 2.31. The number of Topliss-reactive ketones (excluding diaryl/α,β-unsaturated/α-hetero) is 1. The Labute approximate surface area is 106 Å². The number of hydrogen-bond donors (Lipinski definition) is 1. The standard InChI is InChI=1S/C14H17NO3/c1-11(16)18-14(10-15-8-7-13(14)17)9-12-5-3-2-4-6-12/h2-6,15H,7-10H2,1H3. The largest absolute Gasteiger partial charge is 0.449 e. The van der Waals surface area contributed by atoms with Gasteiger partial charge in [-0.2, -0.15) is 0 Å². The zero-order valence-corrected chi connectivity index (χ0v) is 10.4. The van der Waals surface area contributed by atoms with E-state index in [-0.39, 0.29) is 5.78 Å². The molecule has 0 aliphatic carbocycles. The number of carbonyl (C=O) groups is 2. The van der Waals surface area contributed by atoms with Gasteiger partial charge in [0.1, 0.15) is 0 Å². The van der Waals surface area contributed by atoms with Crippen molar-refractivity contribution >= 4 is 11.8 Å². The third-order valence-electron chi connectivity index (χ3n) is 3.12. The third-order valence-corrected chi connectivity index (χ3v) is 3.12. The summed E-state index contributed by atoms with van der Waals surface area (Å²) in [5.41, 5.74) is -0.0402. The molecule has 2 rings (SSSR count). The van der Waals surface area contributed by atoms with Gasteiger partial charge in [0.05, 0.1) is 0 Å². The Balaban J connectivity index is 2.24. The van der Waals surface area contributed by atoms with E-state index in [9.17, 15) is 9.59 Å². The summed E-state index contributed by atoms with van der Waals surface area (Å²) in [6, 6.07) is 9.62. The van der Waals surface area contributed by atoms with Crippen molar-refractivity contribution < 1.29 is 14.3 Å². The fraction of sp³-hybridized carbons (Fsp3) is 0.429. The first-order valence-electron chi connectivity index (χ1n) is 6.10. The second kappa shape index (κ2) is 5.31. The van der Waals surface area contributed by atoms with Gasteiger partial charge in [-0.05, 0) is 5.56 Å². The van der Waals surface area contributed by atoms with Crippen molar-refractivity contribution in [3.8, 4) is 0 Å². The molecule has 0 spiro atoms. The van der Waals surface area contributed by atoms with E-state index in [2.05, 4.69) is 5.32 Å². The molecule has 1 aliphatic rings. The number of carbonyl (C=O) groups excluding carboxylic acids is 2. The molecule has 0 aromatic heterocycles. The van der Waals surface area contributed by atoms with Gasteiger partial charge >= 0.3 is 5.97 Å². The van der Waals surface area contributed by atoms with Crippen LogP contribution in [0.1, 0.15) is 18.9 Å². The Hall–Kier alpha value is -1.68. The van der Waals surface area contributed by atoms with Gasteiger partial charge in [0.15, 0.2) is 11.4 Å². The molecule has 96 valence electrons. The normalized spacial score (nSPS) is 23.7. The molecule has 1 heterocycles. The topological polar surface area (TPSA) is 55.4 Å². The summed E-state index contributed by atoms with van der Waals surface area (Å²) >= 11 is 0. The number of rotatable bonds is 3. The molecule has 1 aromatic carbocycles. The van der Waals surface area contributed by atoms with Crippen LogP contribution in [0.5, 0.6) is 0 Å². The van der Waals surface area contributed by atoms with E-state index in [4.69, 9.17) is 4.74 Å². The molecule has 18 heavy (non-hydrogen) atoms. The Morgan fingerprint density at radius 2 is 2.11 bits per heavy atom. The van der Waals surface area contributed by atoms with Gasteiger partial charge in [-0.15, -0.1) is 0 Å². The highest BCUT2D eigenvalue weighted by Crippen LogP contribution is 2.23. The molecule has 4 nitrogen and oxygen atoms in total. The minimum absolute atomic E-state index is 0.000281. The molecule has 0 saturated carbocycles. The van der Waals surface area contributed by atoms with Crippen molar-refractivity contribution in [1.29, 1.82) is 0 Å². The van der Waals surface area contributed by atoms with E-state index in [1.807, 2.05) is 30.3 Å². The number of piperidine rings is 1. The first kappa shape index (κ1) is 12.8. The molecule has 1 unspecified atom stereocenters. The first-order valence-corrected chi connectivity index (χ1v) is 6.10. The van der Waals surface area contributed by atoms with Crippen LogP contribution in [0.2, 0.25) is 0 Å². The average molecular weight is 247 g/mol. The van der Waals surface area contributed by atoms with Crippen LogP contribution in [0.25, 0.3) is 0 Å². The van der Waals surface area contributed by atoms with Gasteiger partial charge in [-0.25, -0.2) is 0 Å². The Bertz CT molecular complexity index is 444. The monoisotopic (exact) mass is 247 g/mol. The Morgan fingerprint density at radius 1 is 1.39 bits per heavy atom. The lowest BCUT2D eigenvalue weighted by Crippen LogP contribution is -2.56. The van der Waals surface area contributed by atoms with E-state index < -0.39 is 11.6 Å². The second-order valence-corrected chi connectivity index (χ2v) is 4.60. The summed E-state index contributed by atoms with van der Waals surface area (Å²) in [6.07, 6.45) is 0.833. The van der Waals surface area contributed by atoms with Crippen LogP contribution < -0.4 is 5.32 Å². The molecule has 1 fully saturated rings. The summed E-state index contributed by atoms with van der Waals surface area (Å²) in [6.45, 7) is 2.38. The summed E-state index contributed by atoms with van der Waals surface area (Å²) in [5, 5.41) is 3.13. The maximum Gasteiger partial charge on any atom is 0.303 e. The van der Waals surface area contributed by atoms with E-state index in [0.717, 1.165) is 5.56 Å². The minimum Gasteiger partial charge on any atom is -0.449 e. The second-order valence-electron chi connectivity index (χ2n) is 4.60. The van der Waals surface area contributed by atoms with Crippen molar-refractivity contribution in [1.82, 2.24) is 5.32 Å². The van der Waals surface area contributed by atoms with Crippen LogP contribution in [0.3, 0.4) is 0 Å². The van der Waals surface area contributed by atoms with Crippen molar-refractivity contribution in [2.45, 2.75) is 25.4 Å². The summed E-state index contributed by atoms with van der Waals surface area (Å²) in [7, 11) is 0. The number of hydrogen-bond acceptors (Lipinski definition) is 4. The van der Waals surface area contributed by atoms with Gasteiger partial charge in [-0.3, -0.25) is 9.59 Å². The molecule has 1 aliphatic heterocycles. The predicted octanol–water partition coefficient (Wildman–Crippen LogP) is 1.09. The van der Waals surface area contributed by atoms with Crippen molar-refractivity contribution in [3.05, 3.63) is 35.9 Å². The highest BCUT2D eigenvalue weighted by Gasteiger charge is 2.43. The lowest BCUT2D eigenvalue weighted by molar-refractivity contribution is -0.167. The molecule has 1 atom stereocenters. The van der Waals surface area contributed by atoms with Gasteiger partial charge in [-0.1, -0.05) is 30.3 Å². The smallest absolute Gasteiger partial charge is 0.303 e.